The van der Waals surface area contributed by atoms with Gasteiger partial charge in [0, 0.05) is 6.42 Å². The SMILES string of the molecule is CCCCCCCCCC(=O)O.COS(=O)(=O)c1ccccc1C(NN)C1(F)C=CC(F)(F)C(F)(F)C1(F)S(=O)(=O)OC. The second-order valence-corrected chi connectivity index (χ2v) is 13.0. The van der Waals surface area contributed by atoms with E-state index < -0.39 is 77.4 Å². The predicted octanol–water partition coefficient (Wildman–Crippen LogP) is 4.93. The van der Waals surface area contributed by atoms with Crippen molar-refractivity contribution in [2.75, 3.05) is 14.2 Å². The summed E-state index contributed by atoms with van der Waals surface area (Å²) in [7, 11) is -10.3. The molecule has 0 saturated carbocycles. The molecule has 0 radical (unpaired) electrons. The molecule has 0 aromatic heterocycles. The number of rotatable bonds is 15. The van der Waals surface area contributed by atoms with E-state index in [-0.39, 0.29) is 7.11 Å². The van der Waals surface area contributed by atoms with Crippen LogP contribution in [-0.2, 0) is 33.4 Å². The van der Waals surface area contributed by atoms with E-state index in [1.165, 1.54) is 37.5 Å². The minimum absolute atomic E-state index is 0.151. The van der Waals surface area contributed by atoms with Gasteiger partial charge in [-0.05, 0) is 30.2 Å². The largest absolute Gasteiger partial charge is 0.481 e. The number of carboxylic acids is 1. The monoisotopic (exact) mass is 670 g/mol. The van der Waals surface area contributed by atoms with Crippen molar-refractivity contribution in [2.24, 2.45) is 5.84 Å². The van der Waals surface area contributed by atoms with Crippen LogP contribution in [0.5, 0.6) is 0 Å². The lowest BCUT2D eigenvalue weighted by Gasteiger charge is -2.48. The van der Waals surface area contributed by atoms with Gasteiger partial charge < -0.3 is 5.11 Å². The lowest BCUT2D eigenvalue weighted by atomic mass is 9.77. The van der Waals surface area contributed by atoms with Crippen LogP contribution in [0.4, 0.5) is 26.3 Å². The summed E-state index contributed by atoms with van der Waals surface area (Å²) in [6, 6.07) is 0.910. The quantitative estimate of drug-likeness (QED) is 0.0583. The minimum Gasteiger partial charge on any atom is -0.481 e. The van der Waals surface area contributed by atoms with Crippen molar-refractivity contribution < 1.29 is 61.4 Å². The molecule has 10 nitrogen and oxygen atoms in total. The molecular weight excluding hydrogens is 634 g/mol. The second-order valence-electron chi connectivity index (χ2n) is 9.54. The van der Waals surface area contributed by atoms with Crippen molar-refractivity contribution in [3.63, 3.8) is 0 Å². The molecule has 0 bridgehead atoms. The first-order valence-corrected chi connectivity index (χ1v) is 15.8. The lowest BCUT2D eigenvalue weighted by Crippen LogP contribution is -2.73. The van der Waals surface area contributed by atoms with E-state index in [1.807, 2.05) is 0 Å². The van der Waals surface area contributed by atoms with Crippen LogP contribution in [0.2, 0.25) is 0 Å². The summed E-state index contributed by atoms with van der Waals surface area (Å²) in [4.78, 5) is 9.21. The Morgan fingerprint density at radius 1 is 0.907 bits per heavy atom. The van der Waals surface area contributed by atoms with Crippen LogP contribution in [0.25, 0.3) is 0 Å². The van der Waals surface area contributed by atoms with Crippen molar-refractivity contribution >= 4 is 26.2 Å². The summed E-state index contributed by atoms with van der Waals surface area (Å²) < 4.78 is 145. The third-order valence-electron chi connectivity index (χ3n) is 6.71. The molecule has 0 aliphatic heterocycles. The van der Waals surface area contributed by atoms with Crippen LogP contribution >= 0.6 is 0 Å². The van der Waals surface area contributed by atoms with Crippen LogP contribution < -0.4 is 11.3 Å². The second kappa shape index (κ2) is 15.2. The zero-order valence-electron chi connectivity index (χ0n) is 23.7. The molecule has 3 unspecified atom stereocenters. The Bertz CT molecular complexity index is 1330. The highest BCUT2D eigenvalue weighted by Crippen LogP contribution is 2.61. The van der Waals surface area contributed by atoms with Crippen molar-refractivity contribution in [3.8, 4) is 0 Å². The van der Waals surface area contributed by atoms with Crippen molar-refractivity contribution in [3.05, 3.63) is 42.0 Å². The number of benzene rings is 1. The highest BCUT2D eigenvalue weighted by atomic mass is 32.2. The molecule has 43 heavy (non-hydrogen) atoms. The average molecular weight is 671 g/mol. The zero-order chi connectivity index (χ0) is 33.3. The molecule has 0 heterocycles. The Morgan fingerprint density at radius 3 is 1.93 bits per heavy atom. The van der Waals surface area contributed by atoms with Gasteiger partial charge in [-0.1, -0.05) is 63.6 Å². The minimum atomic E-state index is -6.42. The van der Waals surface area contributed by atoms with E-state index in [0.29, 0.717) is 13.5 Å². The number of nitrogens with one attached hydrogen (secondary N) is 1. The maximum absolute atomic E-state index is 16.1. The number of unbranched alkanes of at least 4 members (excludes halogenated alkanes) is 6. The number of aliphatic carboxylic acids is 1. The van der Waals surface area contributed by atoms with Gasteiger partial charge in [-0.15, -0.1) is 0 Å². The normalized spacial score (nSPS) is 23.7. The van der Waals surface area contributed by atoms with Gasteiger partial charge in [0.25, 0.3) is 10.1 Å². The molecule has 4 N–H and O–H groups in total. The molecule has 0 saturated heterocycles. The highest BCUT2D eigenvalue weighted by Gasteiger charge is 2.86. The number of nitrogens with two attached hydrogens (primary N) is 1. The zero-order valence-corrected chi connectivity index (χ0v) is 25.3. The Morgan fingerprint density at radius 2 is 1.44 bits per heavy atom. The molecule has 1 aromatic carbocycles. The van der Waals surface area contributed by atoms with Gasteiger partial charge in [0.1, 0.15) is 0 Å². The third-order valence-corrected chi connectivity index (χ3v) is 9.76. The van der Waals surface area contributed by atoms with E-state index in [2.05, 4.69) is 15.3 Å². The molecule has 0 fully saturated rings. The summed E-state index contributed by atoms with van der Waals surface area (Å²) in [5.41, 5.74) is -4.01. The maximum Gasteiger partial charge on any atom is 0.367 e. The van der Waals surface area contributed by atoms with Crippen molar-refractivity contribution in [2.45, 2.75) is 91.7 Å². The first-order valence-electron chi connectivity index (χ1n) is 13.0. The van der Waals surface area contributed by atoms with Crippen LogP contribution in [0.1, 0.15) is 69.9 Å². The van der Waals surface area contributed by atoms with Gasteiger partial charge in [0.15, 0.2) is 0 Å². The van der Waals surface area contributed by atoms with E-state index in [0.717, 1.165) is 37.1 Å². The first-order chi connectivity index (χ1) is 19.8. The maximum atomic E-state index is 16.1. The highest BCUT2D eigenvalue weighted by molar-refractivity contribution is 7.88. The molecule has 1 aliphatic rings. The summed E-state index contributed by atoms with van der Waals surface area (Å²) in [6.45, 7) is 2.20. The van der Waals surface area contributed by atoms with Crippen molar-refractivity contribution in [1.82, 2.24) is 5.43 Å². The standard InChI is InChI=1S/C15H16F6N2O6S2.C10H20O2/c1-28-30(24,25)10-6-4-3-5-9(10)11(23-22)12(16)7-8-13(17,18)14(19,20)15(12,21)31(26,27)29-2;1-2-3-4-5-6-7-8-9-10(11)12/h3-8,11,23H,22H2,1-2H3;2-9H2,1H3,(H,11,12). The Balaban J connectivity index is 0.000000650. The number of allylic oxidation sites excluding steroid dienone is 1. The average Bonchev–Trinajstić information content (AvgIpc) is 2.95. The van der Waals surface area contributed by atoms with Crippen LogP contribution in [0.15, 0.2) is 41.3 Å². The number of halogens is 6. The van der Waals surface area contributed by atoms with Crippen LogP contribution in [0.3, 0.4) is 0 Å². The van der Waals surface area contributed by atoms with Gasteiger partial charge in [0.2, 0.25) is 5.67 Å². The van der Waals surface area contributed by atoms with E-state index in [1.54, 1.807) is 0 Å². The Hall–Kier alpha value is -2.25. The number of hydrazine groups is 1. The van der Waals surface area contributed by atoms with Gasteiger partial charge in [0.05, 0.1) is 25.2 Å². The molecular formula is C25H36F6N2O8S2. The van der Waals surface area contributed by atoms with Gasteiger partial charge >= 0.3 is 32.9 Å². The molecule has 1 aliphatic carbocycles. The molecule has 0 spiro atoms. The summed E-state index contributed by atoms with van der Waals surface area (Å²) >= 11 is 0. The predicted molar refractivity (Wildman–Crippen MR) is 144 cm³/mol. The number of carbonyl (C=O) groups is 1. The number of carboxylic acid groups (broad SMARTS) is 1. The molecule has 3 atom stereocenters. The molecule has 0 amide bonds. The smallest absolute Gasteiger partial charge is 0.367 e. The number of alkyl halides is 6. The van der Waals surface area contributed by atoms with Gasteiger partial charge in [-0.2, -0.15) is 34.4 Å². The molecule has 1 aromatic rings. The number of hydrogen-bond acceptors (Lipinski definition) is 9. The Kier molecular flexibility index (Phi) is 13.7. The fourth-order valence-electron chi connectivity index (χ4n) is 4.35. The topological polar surface area (TPSA) is 162 Å². The fraction of sp³-hybridized carbons (Fsp3) is 0.640. The van der Waals surface area contributed by atoms with Gasteiger partial charge in [-0.3, -0.25) is 19.0 Å². The van der Waals surface area contributed by atoms with E-state index in [4.69, 9.17) is 10.9 Å². The van der Waals surface area contributed by atoms with E-state index in [9.17, 15) is 39.2 Å². The third kappa shape index (κ3) is 7.89. The number of hydrogen-bond donors (Lipinski definition) is 3. The Labute approximate surface area is 246 Å². The first kappa shape index (κ1) is 38.8. The van der Waals surface area contributed by atoms with Gasteiger partial charge in [-0.25, -0.2) is 14.2 Å². The van der Waals surface area contributed by atoms with Crippen LogP contribution in [-0.4, -0.2) is 64.6 Å². The summed E-state index contributed by atoms with van der Waals surface area (Å²) in [5, 5.41) is 2.59. The molecule has 18 heteroatoms. The summed E-state index contributed by atoms with van der Waals surface area (Å²) in [6.07, 6.45) is 7.43. The molecule has 2 rings (SSSR count). The fourth-order valence-corrected chi connectivity index (χ4v) is 6.49. The summed E-state index contributed by atoms with van der Waals surface area (Å²) in [5.74, 6) is -7.21. The molecule has 248 valence electrons. The van der Waals surface area contributed by atoms with E-state index >= 15 is 8.78 Å². The van der Waals surface area contributed by atoms with Crippen LogP contribution in [0, 0.1) is 0 Å². The lowest BCUT2D eigenvalue weighted by molar-refractivity contribution is -0.262. The van der Waals surface area contributed by atoms with Crippen molar-refractivity contribution in [1.29, 1.82) is 0 Å².